The van der Waals surface area contributed by atoms with Crippen LogP contribution in [0.25, 0.3) is 11.1 Å². The first kappa shape index (κ1) is 20.1. The second kappa shape index (κ2) is 10.7. The summed E-state index contributed by atoms with van der Waals surface area (Å²) in [4.78, 5) is 23.0. The maximum Gasteiger partial charge on any atom is 0.170 e. The molecule has 0 aliphatic rings. The number of Topliss-reactive ketones (excluding diaryl/α,β-unsaturated/α-hetero) is 2. The summed E-state index contributed by atoms with van der Waals surface area (Å²) in [5.41, 5.74) is 4.24. The lowest BCUT2D eigenvalue weighted by atomic mass is 9.98. The largest absolute Gasteiger partial charge is 0.300 e. The Kier molecular flexibility index (Phi) is 8.27. The summed E-state index contributed by atoms with van der Waals surface area (Å²) in [7, 11) is 0. The van der Waals surface area contributed by atoms with Gasteiger partial charge >= 0.3 is 0 Å². The van der Waals surface area contributed by atoms with E-state index in [1.807, 2.05) is 24.3 Å². The van der Waals surface area contributed by atoms with E-state index < -0.39 is 0 Å². The van der Waals surface area contributed by atoms with E-state index in [9.17, 15) is 9.59 Å². The highest BCUT2D eigenvalue weighted by atomic mass is 16.1. The quantitative estimate of drug-likeness (QED) is 0.266. The smallest absolute Gasteiger partial charge is 0.170 e. The second-order valence-corrected chi connectivity index (χ2v) is 7.09. The van der Waals surface area contributed by atoms with Crippen molar-refractivity contribution in [2.45, 2.75) is 65.2 Å². The Morgan fingerprint density at radius 3 is 1.85 bits per heavy atom. The van der Waals surface area contributed by atoms with E-state index in [-0.39, 0.29) is 18.0 Å². The Bertz CT molecular complexity index is 696. The van der Waals surface area contributed by atoms with Crippen LogP contribution in [0.4, 0.5) is 0 Å². The van der Waals surface area contributed by atoms with Gasteiger partial charge in [-0.1, -0.05) is 87.6 Å². The van der Waals surface area contributed by atoms with Gasteiger partial charge in [-0.3, -0.25) is 9.59 Å². The summed E-state index contributed by atoms with van der Waals surface area (Å²) in [6.45, 7) is 3.69. The van der Waals surface area contributed by atoms with Gasteiger partial charge in [0.2, 0.25) is 0 Å². The molecular weight excluding hydrogens is 320 g/mol. The van der Waals surface area contributed by atoms with E-state index in [0.29, 0.717) is 5.56 Å². The van der Waals surface area contributed by atoms with Gasteiger partial charge in [-0.2, -0.15) is 0 Å². The number of hydrogen-bond acceptors (Lipinski definition) is 2. The van der Waals surface area contributed by atoms with E-state index >= 15 is 0 Å². The molecule has 0 N–H and O–H groups in total. The SMILES string of the molecule is CCCCCCCCc1ccc(-c2ccc(C(=O)CC(C)=O)cc2)cc1. The fourth-order valence-corrected chi connectivity index (χ4v) is 3.15. The number of hydrogen-bond donors (Lipinski definition) is 0. The van der Waals surface area contributed by atoms with Crippen molar-refractivity contribution in [2.24, 2.45) is 0 Å². The summed E-state index contributed by atoms with van der Waals surface area (Å²) < 4.78 is 0. The molecule has 0 bridgehead atoms. The monoisotopic (exact) mass is 350 g/mol. The maximum absolute atomic E-state index is 11.9. The standard InChI is InChI=1S/C24H30O2/c1-3-4-5-6-7-8-9-20-10-12-21(13-11-20)22-14-16-23(17-15-22)24(26)18-19(2)25/h10-17H,3-9,18H2,1-2H3. The lowest BCUT2D eigenvalue weighted by Crippen LogP contribution is -2.04. The lowest BCUT2D eigenvalue weighted by Gasteiger charge is -2.06. The van der Waals surface area contributed by atoms with Gasteiger partial charge < -0.3 is 0 Å². The van der Waals surface area contributed by atoms with Crippen molar-refractivity contribution in [3.63, 3.8) is 0 Å². The molecule has 26 heavy (non-hydrogen) atoms. The Labute approximate surface area is 157 Å². The van der Waals surface area contributed by atoms with Crippen LogP contribution in [0.3, 0.4) is 0 Å². The minimum Gasteiger partial charge on any atom is -0.300 e. The summed E-state index contributed by atoms with van der Waals surface area (Å²) >= 11 is 0. The zero-order chi connectivity index (χ0) is 18.8. The highest BCUT2D eigenvalue weighted by molar-refractivity contribution is 6.07. The van der Waals surface area contributed by atoms with Gasteiger partial charge in [0.25, 0.3) is 0 Å². The van der Waals surface area contributed by atoms with Gasteiger partial charge in [0.1, 0.15) is 5.78 Å². The highest BCUT2D eigenvalue weighted by Gasteiger charge is 2.08. The average Bonchev–Trinajstić information content (AvgIpc) is 2.65. The number of carbonyl (C=O) groups excluding carboxylic acids is 2. The second-order valence-electron chi connectivity index (χ2n) is 7.09. The molecule has 0 atom stereocenters. The third kappa shape index (κ3) is 6.59. The molecular formula is C24H30O2. The molecule has 0 heterocycles. The number of unbranched alkanes of at least 4 members (excludes halogenated alkanes) is 5. The molecule has 0 spiro atoms. The zero-order valence-electron chi connectivity index (χ0n) is 16.1. The number of aryl methyl sites for hydroxylation is 1. The highest BCUT2D eigenvalue weighted by Crippen LogP contribution is 2.21. The fraction of sp³-hybridized carbons (Fsp3) is 0.417. The zero-order valence-corrected chi connectivity index (χ0v) is 16.1. The predicted molar refractivity (Wildman–Crippen MR) is 109 cm³/mol. The Hall–Kier alpha value is -2.22. The van der Waals surface area contributed by atoms with Crippen molar-refractivity contribution in [2.75, 3.05) is 0 Å². The predicted octanol–water partition coefficient (Wildman–Crippen LogP) is 6.42. The molecule has 138 valence electrons. The Balaban J connectivity index is 1.87. The molecule has 0 aromatic heterocycles. The number of carbonyl (C=O) groups is 2. The van der Waals surface area contributed by atoms with Crippen LogP contribution in [0.15, 0.2) is 48.5 Å². The lowest BCUT2D eigenvalue weighted by molar-refractivity contribution is -0.116. The van der Waals surface area contributed by atoms with Crippen LogP contribution < -0.4 is 0 Å². The van der Waals surface area contributed by atoms with Crippen LogP contribution in [0.2, 0.25) is 0 Å². The number of rotatable bonds is 11. The van der Waals surface area contributed by atoms with Gasteiger partial charge in [-0.15, -0.1) is 0 Å². The van der Waals surface area contributed by atoms with Gasteiger partial charge in [0, 0.05) is 5.56 Å². The summed E-state index contributed by atoms with van der Waals surface area (Å²) in [5.74, 6) is -0.210. The average molecular weight is 351 g/mol. The van der Waals surface area contributed by atoms with Crippen molar-refractivity contribution in [3.8, 4) is 11.1 Å². The molecule has 0 saturated carbocycles. The molecule has 0 fully saturated rings. The van der Waals surface area contributed by atoms with Crippen LogP contribution >= 0.6 is 0 Å². The molecule has 0 unspecified atom stereocenters. The maximum atomic E-state index is 11.9. The molecule has 0 aliphatic carbocycles. The molecule has 0 saturated heterocycles. The van der Waals surface area contributed by atoms with Gasteiger partial charge in [-0.25, -0.2) is 0 Å². The van der Waals surface area contributed by atoms with Crippen molar-refractivity contribution in [3.05, 3.63) is 59.7 Å². The van der Waals surface area contributed by atoms with Crippen molar-refractivity contribution in [1.29, 1.82) is 0 Å². The van der Waals surface area contributed by atoms with Crippen LogP contribution in [-0.4, -0.2) is 11.6 Å². The molecule has 2 nitrogen and oxygen atoms in total. The van der Waals surface area contributed by atoms with Crippen molar-refractivity contribution < 1.29 is 9.59 Å². The molecule has 0 aliphatic heterocycles. The van der Waals surface area contributed by atoms with Crippen LogP contribution in [0, 0.1) is 0 Å². The van der Waals surface area contributed by atoms with E-state index in [4.69, 9.17) is 0 Å². The third-order valence-electron chi connectivity index (χ3n) is 4.72. The first-order valence-corrected chi connectivity index (χ1v) is 9.82. The molecule has 2 aromatic carbocycles. The molecule has 0 amide bonds. The van der Waals surface area contributed by atoms with Gasteiger partial charge in [0.15, 0.2) is 5.78 Å². The van der Waals surface area contributed by atoms with E-state index in [1.54, 1.807) is 0 Å². The molecule has 2 heteroatoms. The molecule has 2 aromatic rings. The minimum atomic E-state index is -0.113. The van der Waals surface area contributed by atoms with Crippen LogP contribution in [0.5, 0.6) is 0 Å². The van der Waals surface area contributed by atoms with E-state index in [2.05, 4.69) is 31.2 Å². The Morgan fingerprint density at radius 2 is 1.27 bits per heavy atom. The third-order valence-corrected chi connectivity index (χ3v) is 4.72. The first-order chi connectivity index (χ1) is 12.6. The molecule has 2 rings (SSSR count). The fourth-order valence-electron chi connectivity index (χ4n) is 3.15. The Morgan fingerprint density at radius 1 is 0.731 bits per heavy atom. The minimum absolute atomic E-state index is 0.0213. The number of ketones is 2. The van der Waals surface area contributed by atoms with Crippen LogP contribution in [0.1, 0.15) is 74.7 Å². The molecule has 0 radical (unpaired) electrons. The van der Waals surface area contributed by atoms with Crippen LogP contribution in [-0.2, 0) is 11.2 Å². The summed E-state index contributed by atoms with van der Waals surface area (Å²) in [5, 5.41) is 0. The number of benzene rings is 2. The normalized spacial score (nSPS) is 10.7. The summed E-state index contributed by atoms with van der Waals surface area (Å²) in [6, 6.07) is 16.2. The van der Waals surface area contributed by atoms with Gasteiger partial charge in [0.05, 0.1) is 6.42 Å². The van der Waals surface area contributed by atoms with E-state index in [0.717, 1.165) is 17.5 Å². The van der Waals surface area contributed by atoms with E-state index in [1.165, 1.54) is 51.0 Å². The van der Waals surface area contributed by atoms with Crippen molar-refractivity contribution in [1.82, 2.24) is 0 Å². The van der Waals surface area contributed by atoms with Crippen molar-refractivity contribution >= 4 is 11.6 Å². The first-order valence-electron chi connectivity index (χ1n) is 9.82. The summed E-state index contributed by atoms with van der Waals surface area (Å²) in [6.07, 6.45) is 9.06. The van der Waals surface area contributed by atoms with Gasteiger partial charge in [-0.05, 0) is 36.5 Å². The topological polar surface area (TPSA) is 34.1 Å².